The average Bonchev–Trinajstić information content (AvgIpc) is 3.09. The van der Waals surface area contributed by atoms with Crippen molar-refractivity contribution in [2.24, 2.45) is 5.92 Å². The lowest BCUT2D eigenvalue weighted by Gasteiger charge is -2.17. The summed E-state index contributed by atoms with van der Waals surface area (Å²) >= 11 is 1.98. The minimum atomic E-state index is -0.195. The first-order valence-electron chi connectivity index (χ1n) is 8.60. The molecule has 23 heavy (non-hydrogen) atoms. The van der Waals surface area contributed by atoms with Gasteiger partial charge in [-0.2, -0.15) is 11.8 Å². The normalized spacial score (nSPS) is 24.0. The Morgan fingerprint density at radius 2 is 2.30 bits per heavy atom. The van der Waals surface area contributed by atoms with E-state index in [2.05, 4.69) is 22.9 Å². The Morgan fingerprint density at radius 1 is 1.43 bits per heavy atom. The fourth-order valence-electron chi connectivity index (χ4n) is 3.42. The summed E-state index contributed by atoms with van der Waals surface area (Å²) in [6.45, 7) is 4.85. The van der Waals surface area contributed by atoms with Gasteiger partial charge in [-0.3, -0.25) is 9.88 Å². The molecular formula is C18H27N3OS. The highest BCUT2D eigenvalue weighted by Crippen LogP contribution is 2.31. The summed E-state index contributed by atoms with van der Waals surface area (Å²) in [5.74, 6) is 2.67. The number of β-amino-alcohol motifs (C(OH)–C–C–N with tert-alkyl or cyclic N) is 1. The molecule has 1 aliphatic heterocycles. The maximum Gasteiger partial charge on any atom is 0.0727 e. The summed E-state index contributed by atoms with van der Waals surface area (Å²) in [4.78, 5) is 6.87. The van der Waals surface area contributed by atoms with Crippen LogP contribution in [0.2, 0.25) is 0 Å². The first kappa shape index (κ1) is 16.8. The number of hydrogen-bond donors (Lipinski definition) is 2. The molecule has 1 aliphatic carbocycles. The van der Waals surface area contributed by atoms with Crippen molar-refractivity contribution in [1.29, 1.82) is 0 Å². The van der Waals surface area contributed by atoms with Gasteiger partial charge in [-0.25, -0.2) is 0 Å². The van der Waals surface area contributed by atoms with E-state index in [0.717, 1.165) is 48.8 Å². The predicted octanol–water partition coefficient (Wildman–Crippen LogP) is 2.43. The van der Waals surface area contributed by atoms with Gasteiger partial charge in [-0.05, 0) is 36.0 Å². The SMILES string of the molecule is CCCCSC[C@H]1CN(CC2=CCc3c(N)ccnc32)CC1O. The average molecular weight is 334 g/mol. The second-order valence-electron chi connectivity index (χ2n) is 6.61. The van der Waals surface area contributed by atoms with Crippen LogP contribution >= 0.6 is 11.8 Å². The molecule has 3 rings (SSSR count). The molecule has 0 aromatic carbocycles. The maximum atomic E-state index is 10.3. The van der Waals surface area contributed by atoms with Crippen LogP contribution in [-0.4, -0.2) is 52.2 Å². The fraction of sp³-hybridized carbons (Fsp3) is 0.611. The van der Waals surface area contributed by atoms with E-state index in [0.29, 0.717) is 5.92 Å². The minimum absolute atomic E-state index is 0.195. The van der Waals surface area contributed by atoms with Crippen LogP contribution < -0.4 is 5.73 Å². The van der Waals surface area contributed by atoms with Gasteiger partial charge in [0.1, 0.15) is 0 Å². The number of rotatable bonds is 7. The lowest BCUT2D eigenvalue weighted by atomic mass is 10.1. The number of nitrogens with zero attached hydrogens (tertiary/aromatic N) is 2. The zero-order valence-corrected chi connectivity index (χ0v) is 14.7. The summed E-state index contributed by atoms with van der Waals surface area (Å²) in [5, 5.41) is 10.3. The molecule has 3 N–H and O–H groups in total. The van der Waals surface area contributed by atoms with Gasteiger partial charge < -0.3 is 10.8 Å². The number of nitrogen functional groups attached to an aromatic ring is 1. The summed E-state index contributed by atoms with van der Waals surface area (Å²) in [7, 11) is 0. The first-order valence-corrected chi connectivity index (χ1v) is 9.75. The zero-order chi connectivity index (χ0) is 16.2. The molecule has 2 atom stereocenters. The van der Waals surface area contributed by atoms with Crippen molar-refractivity contribution in [1.82, 2.24) is 9.88 Å². The lowest BCUT2D eigenvalue weighted by molar-refractivity contribution is 0.151. The minimum Gasteiger partial charge on any atom is -0.398 e. The number of aliphatic hydroxyl groups excluding tert-OH is 1. The molecule has 0 radical (unpaired) electrons. The predicted molar refractivity (Wildman–Crippen MR) is 98.5 cm³/mol. The highest BCUT2D eigenvalue weighted by atomic mass is 32.2. The molecule has 0 bridgehead atoms. The molecule has 126 valence electrons. The van der Waals surface area contributed by atoms with E-state index in [4.69, 9.17) is 5.73 Å². The van der Waals surface area contributed by atoms with Gasteiger partial charge in [0.25, 0.3) is 0 Å². The molecule has 1 saturated heterocycles. The molecule has 1 fully saturated rings. The van der Waals surface area contributed by atoms with Gasteiger partial charge in [-0.15, -0.1) is 0 Å². The van der Waals surface area contributed by atoms with Crippen molar-refractivity contribution >= 4 is 23.0 Å². The first-order chi connectivity index (χ1) is 11.2. The Bertz CT molecular complexity index is 575. The van der Waals surface area contributed by atoms with Crippen LogP contribution in [0, 0.1) is 5.92 Å². The van der Waals surface area contributed by atoms with E-state index in [-0.39, 0.29) is 6.10 Å². The zero-order valence-electron chi connectivity index (χ0n) is 13.9. The topological polar surface area (TPSA) is 62.4 Å². The molecule has 1 unspecified atom stereocenters. The number of pyridine rings is 1. The molecule has 0 amide bonds. The quantitative estimate of drug-likeness (QED) is 0.751. The Labute approximate surface area is 143 Å². The molecule has 0 spiro atoms. The second kappa shape index (κ2) is 7.69. The van der Waals surface area contributed by atoms with Crippen LogP contribution in [0.3, 0.4) is 0 Å². The van der Waals surface area contributed by atoms with E-state index in [1.54, 1.807) is 6.20 Å². The highest BCUT2D eigenvalue weighted by Gasteiger charge is 2.32. The van der Waals surface area contributed by atoms with Crippen LogP contribution in [0.25, 0.3) is 5.57 Å². The van der Waals surface area contributed by atoms with Crippen molar-refractivity contribution in [3.8, 4) is 0 Å². The van der Waals surface area contributed by atoms with Gasteiger partial charge in [0.05, 0.1) is 11.8 Å². The molecule has 2 aliphatic rings. The van der Waals surface area contributed by atoms with E-state index in [1.165, 1.54) is 24.2 Å². The third-order valence-electron chi connectivity index (χ3n) is 4.80. The third kappa shape index (κ3) is 3.90. The number of hydrogen-bond acceptors (Lipinski definition) is 5. The van der Waals surface area contributed by atoms with Crippen LogP contribution in [0.4, 0.5) is 5.69 Å². The van der Waals surface area contributed by atoms with E-state index < -0.39 is 0 Å². The smallest absolute Gasteiger partial charge is 0.0727 e. The molecular weight excluding hydrogens is 306 g/mol. The largest absolute Gasteiger partial charge is 0.398 e. The lowest BCUT2D eigenvalue weighted by Crippen LogP contribution is -2.24. The van der Waals surface area contributed by atoms with Crippen molar-refractivity contribution in [3.63, 3.8) is 0 Å². The van der Waals surface area contributed by atoms with Crippen LogP contribution in [0.1, 0.15) is 31.0 Å². The van der Waals surface area contributed by atoms with Gasteiger partial charge in [0.2, 0.25) is 0 Å². The Balaban J connectivity index is 1.54. The van der Waals surface area contributed by atoms with E-state index in [1.807, 2.05) is 17.8 Å². The van der Waals surface area contributed by atoms with Gasteiger partial charge in [0.15, 0.2) is 0 Å². The molecule has 2 heterocycles. The van der Waals surface area contributed by atoms with E-state index in [9.17, 15) is 5.11 Å². The summed E-state index contributed by atoms with van der Waals surface area (Å²) < 4.78 is 0. The third-order valence-corrected chi connectivity index (χ3v) is 6.04. The number of unbranched alkanes of at least 4 members (excludes halogenated alkanes) is 1. The van der Waals surface area contributed by atoms with Crippen molar-refractivity contribution in [3.05, 3.63) is 29.6 Å². The van der Waals surface area contributed by atoms with Gasteiger partial charge in [-0.1, -0.05) is 19.4 Å². The summed E-state index contributed by atoms with van der Waals surface area (Å²) in [6, 6.07) is 1.87. The molecule has 1 aromatic heterocycles. The number of likely N-dealkylation sites (tertiary alicyclic amines) is 1. The maximum absolute atomic E-state index is 10.3. The number of thioether (sulfide) groups is 1. The van der Waals surface area contributed by atoms with Crippen molar-refractivity contribution in [2.75, 3.05) is 36.9 Å². The molecule has 0 saturated carbocycles. The Kier molecular flexibility index (Phi) is 5.62. The monoisotopic (exact) mass is 333 g/mol. The number of anilines is 1. The Hall–Kier alpha value is -1.04. The molecule has 5 heteroatoms. The number of nitrogens with two attached hydrogens (primary N) is 1. The van der Waals surface area contributed by atoms with Gasteiger partial charge >= 0.3 is 0 Å². The van der Waals surface area contributed by atoms with Crippen LogP contribution in [0.5, 0.6) is 0 Å². The standard InChI is InChI=1S/C18H27N3OS/c1-2-3-8-23-12-14-10-21(11-17(14)22)9-13-4-5-15-16(19)6-7-20-18(13)15/h4,6-7,14,17,22H,2-3,5,8-12H2,1H3,(H2,19,20)/t14-,17?/m1/s1. The summed E-state index contributed by atoms with van der Waals surface area (Å²) in [6.07, 6.45) is 7.24. The van der Waals surface area contributed by atoms with Crippen molar-refractivity contribution < 1.29 is 5.11 Å². The van der Waals surface area contributed by atoms with Crippen LogP contribution in [-0.2, 0) is 6.42 Å². The van der Waals surface area contributed by atoms with E-state index >= 15 is 0 Å². The molecule has 1 aromatic rings. The van der Waals surface area contributed by atoms with Crippen molar-refractivity contribution in [2.45, 2.75) is 32.3 Å². The fourth-order valence-corrected chi connectivity index (χ4v) is 4.71. The highest BCUT2D eigenvalue weighted by molar-refractivity contribution is 7.99. The second-order valence-corrected chi connectivity index (χ2v) is 7.76. The number of aromatic nitrogens is 1. The number of allylic oxidation sites excluding steroid dienone is 1. The Morgan fingerprint density at radius 3 is 3.13 bits per heavy atom. The molecule has 4 nitrogen and oxygen atoms in total. The van der Waals surface area contributed by atoms with Gasteiger partial charge in [0, 0.05) is 43.0 Å². The number of aliphatic hydroxyl groups is 1. The van der Waals surface area contributed by atoms with Crippen LogP contribution in [0.15, 0.2) is 18.3 Å². The number of fused-ring (bicyclic) bond motifs is 1. The summed E-state index contributed by atoms with van der Waals surface area (Å²) in [5.41, 5.74) is 10.4.